The zero-order valence-electron chi connectivity index (χ0n) is 12.3. The highest BCUT2D eigenvalue weighted by Crippen LogP contribution is 2.31. The van der Waals surface area contributed by atoms with Crippen LogP contribution in [-0.4, -0.2) is 23.5 Å². The normalized spacial score (nSPS) is 19.6. The monoisotopic (exact) mass is 282 g/mol. The molecule has 0 spiro atoms. The fourth-order valence-corrected chi connectivity index (χ4v) is 2.96. The highest BCUT2D eigenvalue weighted by molar-refractivity contribution is 5.24. The Morgan fingerprint density at radius 1 is 1.05 bits per heavy atom. The van der Waals surface area contributed by atoms with Crippen LogP contribution in [0, 0.1) is 11.6 Å². The van der Waals surface area contributed by atoms with E-state index < -0.39 is 11.6 Å². The van der Waals surface area contributed by atoms with E-state index in [2.05, 4.69) is 18.7 Å². The molecule has 20 heavy (non-hydrogen) atoms. The molecule has 4 heteroatoms. The van der Waals surface area contributed by atoms with Gasteiger partial charge in [-0.2, -0.15) is 0 Å². The van der Waals surface area contributed by atoms with E-state index >= 15 is 0 Å². The van der Waals surface area contributed by atoms with E-state index in [-0.39, 0.29) is 11.6 Å². The molecule has 1 atom stereocenters. The topological polar surface area (TPSA) is 29.3 Å². The maximum absolute atomic E-state index is 13.4. The zero-order chi connectivity index (χ0) is 14.8. The van der Waals surface area contributed by atoms with Gasteiger partial charge in [-0.25, -0.2) is 8.78 Å². The summed E-state index contributed by atoms with van der Waals surface area (Å²) >= 11 is 0. The molecule has 1 fully saturated rings. The van der Waals surface area contributed by atoms with Crippen molar-refractivity contribution >= 4 is 0 Å². The largest absolute Gasteiger partial charge is 0.322 e. The van der Waals surface area contributed by atoms with Crippen LogP contribution in [-0.2, 0) is 0 Å². The van der Waals surface area contributed by atoms with E-state index in [1.807, 2.05) is 0 Å². The molecule has 1 saturated heterocycles. The summed E-state index contributed by atoms with van der Waals surface area (Å²) in [7, 11) is 0. The van der Waals surface area contributed by atoms with E-state index in [9.17, 15) is 8.78 Å². The predicted molar refractivity (Wildman–Crippen MR) is 77.4 cm³/mol. The molecular formula is C16H24F2N2. The van der Waals surface area contributed by atoms with Crippen LogP contribution >= 0.6 is 0 Å². The number of nitrogens with two attached hydrogens (primary N) is 1. The highest BCUT2D eigenvalue weighted by atomic mass is 19.2. The highest BCUT2D eigenvalue weighted by Gasteiger charge is 2.34. The van der Waals surface area contributed by atoms with Gasteiger partial charge in [-0.15, -0.1) is 0 Å². The molecule has 1 aromatic carbocycles. The average Bonchev–Trinajstić information content (AvgIpc) is 2.70. The number of nitrogens with zero attached hydrogens (tertiary/aromatic N) is 1. The van der Waals surface area contributed by atoms with Gasteiger partial charge in [0.2, 0.25) is 0 Å². The van der Waals surface area contributed by atoms with Crippen molar-refractivity contribution in [2.45, 2.75) is 51.1 Å². The number of hydrogen-bond donors (Lipinski definition) is 1. The van der Waals surface area contributed by atoms with Gasteiger partial charge in [-0.1, -0.05) is 18.9 Å². The lowest BCUT2D eigenvalue weighted by Crippen LogP contribution is -2.51. The van der Waals surface area contributed by atoms with Crippen molar-refractivity contribution in [2.75, 3.05) is 13.1 Å². The lowest BCUT2D eigenvalue weighted by atomic mass is 9.87. The first kappa shape index (κ1) is 15.4. The molecule has 1 aliphatic heterocycles. The van der Waals surface area contributed by atoms with Crippen molar-refractivity contribution in [3.63, 3.8) is 0 Å². The minimum atomic E-state index is -0.829. The summed E-state index contributed by atoms with van der Waals surface area (Å²) < 4.78 is 26.4. The molecule has 0 saturated carbocycles. The molecule has 1 aromatic rings. The molecule has 0 aromatic heterocycles. The van der Waals surface area contributed by atoms with E-state index in [0.717, 1.165) is 19.2 Å². The molecule has 2 rings (SSSR count). The second-order valence-corrected chi connectivity index (χ2v) is 6.21. The lowest BCUT2D eigenvalue weighted by molar-refractivity contribution is 0.0979. The standard InChI is InChI=1S/C16H24F2N2/c1-16(2,20-9-5-3-4-6-10-20)15(19)12-7-8-13(17)14(18)11-12/h7-8,11,15H,3-6,9-10,19H2,1-2H3. The van der Waals surface area contributed by atoms with E-state index in [0.29, 0.717) is 5.56 Å². The van der Waals surface area contributed by atoms with Gasteiger partial charge < -0.3 is 5.73 Å². The first-order valence-electron chi connectivity index (χ1n) is 7.38. The first-order valence-corrected chi connectivity index (χ1v) is 7.38. The van der Waals surface area contributed by atoms with Crippen LogP contribution in [0.2, 0.25) is 0 Å². The molecule has 0 bridgehead atoms. The summed E-state index contributed by atoms with van der Waals surface area (Å²) in [4.78, 5) is 2.38. The Morgan fingerprint density at radius 3 is 2.20 bits per heavy atom. The molecule has 112 valence electrons. The summed E-state index contributed by atoms with van der Waals surface area (Å²) in [6.07, 6.45) is 4.86. The SMILES string of the molecule is CC(C)(C(N)c1ccc(F)c(F)c1)N1CCCCCC1. The third-order valence-corrected chi connectivity index (χ3v) is 4.48. The molecule has 0 radical (unpaired) electrons. The van der Waals surface area contributed by atoms with Gasteiger partial charge >= 0.3 is 0 Å². The predicted octanol–water partition coefficient (Wildman–Crippen LogP) is 3.62. The minimum Gasteiger partial charge on any atom is -0.322 e. The fraction of sp³-hybridized carbons (Fsp3) is 0.625. The van der Waals surface area contributed by atoms with Gasteiger partial charge in [-0.05, 0) is 57.5 Å². The van der Waals surface area contributed by atoms with E-state index in [1.165, 1.54) is 31.7 Å². The molecule has 0 aliphatic carbocycles. The molecule has 2 nitrogen and oxygen atoms in total. The Morgan fingerprint density at radius 2 is 1.65 bits per heavy atom. The van der Waals surface area contributed by atoms with Crippen molar-refractivity contribution in [2.24, 2.45) is 5.73 Å². The quantitative estimate of drug-likeness (QED) is 0.917. The summed E-state index contributed by atoms with van der Waals surface area (Å²) in [5.74, 6) is -1.65. The Kier molecular flexibility index (Phi) is 4.76. The fourth-order valence-electron chi connectivity index (χ4n) is 2.96. The summed E-state index contributed by atoms with van der Waals surface area (Å²) in [6, 6.07) is 3.63. The summed E-state index contributed by atoms with van der Waals surface area (Å²) in [5.41, 5.74) is 6.72. The molecular weight excluding hydrogens is 258 g/mol. The van der Waals surface area contributed by atoms with Crippen molar-refractivity contribution in [1.29, 1.82) is 0 Å². The van der Waals surface area contributed by atoms with Gasteiger partial charge in [0.05, 0.1) is 0 Å². The third kappa shape index (κ3) is 3.18. The minimum absolute atomic E-state index is 0.269. The summed E-state index contributed by atoms with van der Waals surface area (Å²) in [5, 5.41) is 0. The first-order chi connectivity index (χ1) is 9.43. The van der Waals surface area contributed by atoms with Crippen LogP contribution in [0.15, 0.2) is 18.2 Å². The second kappa shape index (κ2) is 6.19. The number of benzene rings is 1. The van der Waals surface area contributed by atoms with Gasteiger partial charge in [0.1, 0.15) is 0 Å². The lowest BCUT2D eigenvalue weighted by Gasteiger charge is -2.42. The Balaban J connectivity index is 2.20. The summed E-state index contributed by atoms with van der Waals surface area (Å²) in [6.45, 7) is 6.21. The van der Waals surface area contributed by atoms with Gasteiger partial charge in [0.25, 0.3) is 0 Å². The van der Waals surface area contributed by atoms with Crippen LogP contribution < -0.4 is 5.73 Å². The molecule has 1 aliphatic rings. The van der Waals surface area contributed by atoms with Crippen LogP contribution in [0.4, 0.5) is 8.78 Å². The van der Waals surface area contributed by atoms with Crippen molar-refractivity contribution in [3.05, 3.63) is 35.4 Å². The molecule has 1 unspecified atom stereocenters. The van der Waals surface area contributed by atoms with Crippen molar-refractivity contribution in [1.82, 2.24) is 4.90 Å². The Labute approximate surface area is 120 Å². The van der Waals surface area contributed by atoms with Gasteiger partial charge in [-0.3, -0.25) is 4.90 Å². The van der Waals surface area contributed by atoms with Crippen LogP contribution in [0.3, 0.4) is 0 Å². The Hall–Kier alpha value is -1.00. The number of likely N-dealkylation sites (tertiary alicyclic amines) is 1. The van der Waals surface area contributed by atoms with Crippen molar-refractivity contribution < 1.29 is 8.78 Å². The average molecular weight is 282 g/mol. The maximum atomic E-state index is 13.4. The molecule has 0 amide bonds. The second-order valence-electron chi connectivity index (χ2n) is 6.21. The Bertz CT molecular complexity index is 452. The van der Waals surface area contributed by atoms with E-state index in [1.54, 1.807) is 6.07 Å². The number of halogens is 2. The number of rotatable bonds is 3. The number of hydrogen-bond acceptors (Lipinski definition) is 2. The zero-order valence-corrected chi connectivity index (χ0v) is 12.3. The van der Waals surface area contributed by atoms with Crippen molar-refractivity contribution in [3.8, 4) is 0 Å². The third-order valence-electron chi connectivity index (χ3n) is 4.48. The van der Waals surface area contributed by atoms with Crippen LogP contribution in [0.1, 0.15) is 51.1 Å². The van der Waals surface area contributed by atoms with Crippen LogP contribution in [0.5, 0.6) is 0 Å². The van der Waals surface area contributed by atoms with Crippen LogP contribution in [0.25, 0.3) is 0 Å². The van der Waals surface area contributed by atoms with Gasteiger partial charge in [0.15, 0.2) is 11.6 Å². The molecule has 2 N–H and O–H groups in total. The molecule has 1 heterocycles. The van der Waals surface area contributed by atoms with Gasteiger partial charge in [0, 0.05) is 11.6 Å². The maximum Gasteiger partial charge on any atom is 0.159 e. The smallest absolute Gasteiger partial charge is 0.159 e. The van der Waals surface area contributed by atoms with E-state index in [4.69, 9.17) is 5.73 Å².